The van der Waals surface area contributed by atoms with E-state index in [0.29, 0.717) is 12.1 Å². The first-order valence-electron chi connectivity index (χ1n) is 5.66. The van der Waals surface area contributed by atoms with Crippen LogP contribution in [0.15, 0.2) is 18.2 Å². The average molecular weight is 315 g/mol. The topological polar surface area (TPSA) is 38.3 Å². The van der Waals surface area contributed by atoms with Gasteiger partial charge in [0, 0.05) is 5.69 Å². The zero-order valence-corrected chi connectivity index (χ0v) is 10.9. The van der Waals surface area contributed by atoms with E-state index in [9.17, 15) is 31.1 Å². The van der Waals surface area contributed by atoms with Crippen LogP contribution in [0, 0.1) is 0 Å². The van der Waals surface area contributed by atoms with Crippen LogP contribution in [-0.4, -0.2) is 12.2 Å². The van der Waals surface area contributed by atoms with Gasteiger partial charge >= 0.3 is 18.4 Å². The van der Waals surface area contributed by atoms with Gasteiger partial charge in [0.1, 0.15) is 0 Å². The highest BCUT2D eigenvalue weighted by Crippen LogP contribution is 2.37. The summed E-state index contributed by atoms with van der Waals surface area (Å²) in [6, 6.07) is 0.770. The van der Waals surface area contributed by atoms with E-state index in [0.717, 1.165) is 0 Å². The maximum absolute atomic E-state index is 12.6. The van der Waals surface area contributed by atoms with Gasteiger partial charge in [-0.05, 0) is 32.0 Å². The molecule has 118 valence electrons. The Balaban J connectivity index is 3.17. The van der Waals surface area contributed by atoms with Crippen LogP contribution in [0.3, 0.4) is 0 Å². The third-order valence-electron chi connectivity index (χ3n) is 2.18. The highest BCUT2D eigenvalue weighted by molar-refractivity contribution is 5.85. The lowest BCUT2D eigenvalue weighted by Crippen LogP contribution is -2.19. The van der Waals surface area contributed by atoms with Crippen molar-refractivity contribution < 1.29 is 35.9 Å². The summed E-state index contributed by atoms with van der Waals surface area (Å²) in [6.45, 7) is 2.96. The zero-order chi connectivity index (χ0) is 16.4. The molecule has 0 saturated heterocycles. The molecule has 0 aromatic heterocycles. The van der Waals surface area contributed by atoms with E-state index in [2.05, 4.69) is 4.74 Å². The molecule has 9 heteroatoms. The zero-order valence-electron chi connectivity index (χ0n) is 10.9. The van der Waals surface area contributed by atoms with Crippen molar-refractivity contribution in [1.82, 2.24) is 0 Å². The first-order chi connectivity index (χ1) is 9.39. The summed E-state index contributed by atoms with van der Waals surface area (Å²) in [5.41, 5.74) is -3.68. The lowest BCUT2D eigenvalue weighted by Gasteiger charge is -2.15. The molecular weight excluding hydrogens is 304 g/mol. The lowest BCUT2D eigenvalue weighted by atomic mass is 10.1. The third kappa shape index (κ3) is 5.16. The molecule has 0 atom stereocenters. The molecule has 0 aliphatic heterocycles. The molecule has 0 spiro atoms. The predicted molar refractivity (Wildman–Crippen MR) is 61.7 cm³/mol. The van der Waals surface area contributed by atoms with Crippen molar-refractivity contribution in [2.75, 3.05) is 5.32 Å². The van der Waals surface area contributed by atoms with Crippen LogP contribution in [0.25, 0.3) is 0 Å². The van der Waals surface area contributed by atoms with Crippen molar-refractivity contribution in [3.05, 3.63) is 29.3 Å². The lowest BCUT2D eigenvalue weighted by molar-refractivity contribution is -0.143. The maximum atomic E-state index is 12.6. The molecule has 0 heterocycles. The van der Waals surface area contributed by atoms with E-state index < -0.39 is 41.4 Å². The molecule has 21 heavy (non-hydrogen) atoms. The minimum atomic E-state index is -4.97. The van der Waals surface area contributed by atoms with Crippen LogP contribution >= 0.6 is 0 Å². The quantitative estimate of drug-likeness (QED) is 0.805. The van der Waals surface area contributed by atoms with Gasteiger partial charge in [0.15, 0.2) is 0 Å². The number of halogens is 6. The van der Waals surface area contributed by atoms with Crippen molar-refractivity contribution in [2.24, 2.45) is 0 Å². The number of carbonyl (C=O) groups is 1. The Bertz CT molecular complexity index is 489. The number of hydrogen-bond donors (Lipinski definition) is 1. The fourth-order valence-corrected chi connectivity index (χ4v) is 1.39. The molecule has 1 N–H and O–H groups in total. The first-order valence-corrected chi connectivity index (χ1v) is 5.66. The molecule has 0 unspecified atom stereocenters. The second-order valence-electron chi connectivity index (χ2n) is 4.37. The standard InChI is InChI=1S/C12H11F6NO2/c1-6(2)21-10(20)19-9-4-7(11(13,14)15)3-8(5-9)12(16,17)18/h3-6H,1-2H3,(H,19,20). The SMILES string of the molecule is CC(C)OC(=O)Nc1cc(C(F)(F)F)cc(C(F)(F)F)c1. The number of rotatable bonds is 2. The van der Waals surface area contributed by atoms with E-state index in [1.165, 1.54) is 13.8 Å². The van der Waals surface area contributed by atoms with Crippen LogP contribution in [0.5, 0.6) is 0 Å². The molecule has 0 aliphatic carbocycles. The Labute approximate surface area is 115 Å². The fourth-order valence-electron chi connectivity index (χ4n) is 1.39. The number of nitrogens with one attached hydrogen (secondary N) is 1. The Kier molecular flexibility index (Phi) is 4.75. The Hall–Kier alpha value is -1.93. The summed E-state index contributed by atoms with van der Waals surface area (Å²) < 4.78 is 80.0. The Morgan fingerprint density at radius 1 is 1.00 bits per heavy atom. The summed E-state index contributed by atoms with van der Waals surface area (Å²) >= 11 is 0. The molecule has 0 saturated carbocycles. The molecule has 0 radical (unpaired) electrons. The summed E-state index contributed by atoms with van der Waals surface area (Å²) in [7, 11) is 0. The second-order valence-corrected chi connectivity index (χ2v) is 4.37. The summed E-state index contributed by atoms with van der Waals surface area (Å²) in [4.78, 5) is 11.2. The number of anilines is 1. The van der Waals surface area contributed by atoms with E-state index in [1.807, 2.05) is 5.32 Å². The molecule has 1 aromatic carbocycles. The number of alkyl halides is 6. The first kappa shape index (κ1) is 17.1. The molecule has 3 nitrogen and oxygen atoms in total. The molecule has 0 bridgehead atoms. The number of ether oxygens (including phenoxy) is 1. The van der Waals surface area contributed by atoms with E-state index in [4.69, 9.17) is 0 Å². The summed E-state index contributed by atoms with van der Waals surface area (Å²) in [6.07, 6.45) is -11.7. The van der Waals surface area contributed by atoms with E-state index in [-0.39, 0.29) is 6.07 Å². The normalized spacial score (nSPS) is 12.4. The molecule has 1 amide bonds. The van der Waals surface area contributed by atoms with Gasteiger partial charge in [-0.15, -0.1) is 0 Å². The van der Waals surface area contributed by atoms with Crippen molar-refractivity contribution in [3.8, 4) is 0 Å². The number of carbonyl (C=O) groups excluding carboxylic acids is 1. The number of amides is 1. The van der Waals surface area contributed by atoms with Gasteiger partial charge in [-0.25, -0.2) is 4.79 Å². The fraction of sp³-hybridized carbons (Fsp3) is 0.417. The van der Waals surface area contributed by atoms with Crippen LogP contribution < -0.4 is 5.32 Å². The summed E-state index contributed by atoms with van der Waals surface area (Å²) in [5, 5.41) is 1.84. The highest BCUT2D eigenvalue weighted by atomic mass is 19.4. The van der Waals surface area contributed by atoms with Crippen molar-refractivity contribution >= 4 is 11.8 Å². The van der Waals surface area contributed by atoms with E-state index >= 15 is 0 Å². The van der Waals surface area contributed by atoms with Crippen LogP contribution in [0.1, 0.15) is 25.0 Å². The average Bonchev–Trinajstić information content (AvgIpc) is 2.24. The van der Waals surface area contributed by atoms with Gasteiger partial charge in [-0.1, -0.05) is 0 Å². The van der Waals surface area contributed by atoms with Crippen LogP contribution in [0.4, 0.5) is 36.8 Å². The molecule has 1 rings (SSSR count). The van der Waals surface area contributed by atoms with E-state index in [1.54, 1.807) is 0 Å². The van der Waals surface area contributed by atoms with Gasteiger partial charge in [0.25, 0.3) is 0 Å². The highest BCUT2D eigenvalue weighted by Gasteiger charge is 2.37. The minimum Gasteiger partial charge on any atom is -0.447 e. The third-order valence-corrected chi connectivity index (χ3v) is 2.18. The van der Waals surface area contributed by atoms with Gasteiger partial charge in [-0.2, -0.15) is 26.3 Å². The smallest absolute Gasteiger partial charge is 0.416 e. The number of hydrogen-bond acceptors (Lipinski definition) is 2. The van der Waals surface area contributed by atoms with Gasteiger partial charge < -0.3 is 4.74 Å². The largest absolute Gasteiger partial charge is 0.447 e. The molecular formula is C12H11F6NO2. The minimum absolute atomic E-state index is 0.0288. The number of benzene rings is 1. The Morgan fingerprint density at radius 3 is 1.76 bits per heavy atom. The monoisotopic (exact) mass is 315 g/mol. The molecule has 0 fully saturated rings. The summed E-state index contributed by atoms with van der Waals surface area (Å²) in [5.74, 6) is 0. The Morgan fingerprint density at radius 2 is 1.43 bits per heavy atom. The van der Waals surface area contributed by atoms with Crippen molar-refractivity contribution in [1.29, 1.82) is 0 Å². The van der Waals surface area contributed by atoms with Gasteiger partial charge in [0.2, 0.25) is 0 Å². The van der Waals surface area contributed by atoms with Crippen LogP contribution in [0.2, 0.25) is 0 Å². The second kappa shape index (κ2) is 5.82. The molecule has 0 aliphatic rings. The maximum Gasteiger partial charge on any atom is 0.416 e. The van der Waals surface area contributed by atoms with Gasteiger partial charge in [-0.3, -0.25) is 5.32 Å². The van der Waals surface area contributed by atoms with Crippen molar-refractivity contribution in [2.45, 2.75) is 32.3 Å². The predicted octanol–water partition coefficient (Wildman–Crippen LogP) is 4.68. The molecule has 1 aromatic rings. The van der Waals surface area contributed by atoms with Crippen molar-refractivity contribution in [3.63, 3.8) is 0 Å². The van der Waals surface area contributed by atoms with Gasteiger partial charge in [0.05, 0.1) is 17.2 Å². The van der Waals surface area contributed by atoms with Crippen LogP contribution in [-0.2, 0) is 17.1 Å².